The third-order valence-corrected chi connectivity index (χ3v) is 4.52. The molecule has 0 aliphatic heterocycles. The van der Waals surface area contributed by atoms with Gasteiger partial charge in [0.15, 0.2) is 0 Å². The largest absolute Gasteiger partial charge is 0.385 e. The average Bonchev–Trinajstić information content (AvgIpc) is 2.48. The Bertz CT molecular complexity index is 558. The molecule has 2 unspecified atom stereocenters. The van der Waals surface area contributed by atoms with Gasteiger partial charge in [-0.05, 0) is 35.4 Å². The molecule has 2 atom stereocenters. The van der Waals surface area contributed by atoms with Crippen molar-refractivity contribution in [2.45, 2.75) is 37.4 Å². The van der Waals surface area contributed by atoms with E-state index >= 15 is 0 Å². The summed E-state index contributed by atoms with van der Waals surface area (Å²) in [6.45, 7) is 0. The van der Waals surface area contributed by atoms with Gasteiger partial charge < -0.3 is 9.84 Å². The number of methoxy groups -OCH3 is 1. The lowest BCUT2D eigenvalue weighted by atomic mass is 9.80. The van der Waals surface area contributed by atoms with Crippen molar-refractivity contribution in [1.82, 2.24) is 0 Å². The van der Waals surface area contributed by atoms with Crippen molar-refractivity contribution < 1.29 is 9.84 Å². The van der Waals surface area contributed by atoms with Crippen LogP contribution in [0.4, 0.5) is 0 Å². The first-order valence-electron chi connectivity index (χ1n) is 7.65. The molecule has 1 fully saturated rings. The Labute approximate surface area is 126 Å². The molecule has 0 bridgehead atoms. The van der Waals surface area contributed by atoms with Gasteiger partial charge in [-0.3, -0.25) is 0 Å². The van der Waals surface area contributed by atoms with Crippen molar-refractivity contribution in [2.24, 2.45) is 0 Å². The van der Waals surface area contributed by atoms with Gasteiger partial charge in [-0.1, -0.05) is 61.0 Å². The molecule has 0 aromatic heterocycles. The van der Waals surface area contributed by atoms with E-state index in [2.05, 4.69) is 12.1 Å². The highest BCUT2D eigenvalue weighted by atomic mass is 16.5. The Kier molecular flexibility index (Phi) is 4.37. The Morgan fingerprint density at radius 1 is 0.952 bits per heavy atom. The predicted octanol–water partition coefficient (Wildman–Crippen LogP) is 4.38. The van der Waals surface area contributed by atoms with Gasteiger partial charge in [0.1, 0.15) is 12.2 Å². The van der Waals surface area contributed by atoms with Crippen LogP contribution in [-0.2, 0) is 4.74 Å². The Morgan fingerprint density at radius 2 is 1.62 bits per heavy atom. The van der Waals surface area contributed by atoms with E-state index in [0.717, 1.165) is 17.0 Å². The van der Waals surface area contributed by atoms with Gasteiger partial charge in [-0.15, -0.1) is 0 Å². The summed E-state index contributed by atoms with van der Waals surface area (Å²) >= 11 is 0. The fourth-order valence-corrected chi connectivity index (χ4v) is 2.97. The zero-order chi connectivity index (χ0) is 14.7. The van der Waals surface area contributed by atoms with E-state index in [-0.39, 0.29) is 6.10 Å². The number of hydrogen-bond donors (Lipinski definition) is 1. The number of aliphatic hydroxyl groups excluding tert-OH is 1. The molecular formula is C19H22O2. The minimum atomic E-state index is -0.646. The quantitative estimate of drug-likeness (QED) is 0.882. The summed E-state index contributed by atoms with van der Waals surface area (Å²) in [7, 11) is 1.64. The third-order valence-electron chi connectivity index (χ3n) is 4.52. The SMILES string of the molecule is COC(c1ccccc1)C(O)c1ccc(C2CCC2)cc1. The zero-order valence-corrected chi connectivity index (χ0v) is 12.4. The monoisotopic (exact) mass is 282 g/mol. The minimum Gasteiger partial charge on any atom is -0.385 e. The van der Waals surface area contributed by atoms with Crippen LogP contribution < -0.4 is 0 Å². The van der Waals surface area contributed by atoms with Crippen LogP contribution in [0.1, 0.15) is 54.1 Å². The lowest BCUT2D eigenvalue weighted by Crippen LogP contribution is -2.13. The molecule has 0 amide bonds. The summed E-state index contributed by atoms with van der Waals surface area (Å²) in [5.74, 6) is 0.725. The first-order chi connectivity index (χ1) is 10.3. The van der Waals surface area contributed by atoms with Crippen molar-refractivity contribution in [3.8, 4) is 0 Å². The van der Waals surface area contributed by atoms with Crippen LogP contribution in [0.5, 0.6) is 0 Å². The minimum absolute atomic E-state index is 0.333. The normalized spacial score (nSPS) is 18.0. The first-order valence-corrected chi connectivity index (χ1v) is 7.65. The van der Waals surface area contributed by atoms with E-state index in [0.29, 0.717) is 0 Å². The second-order valence-corrected chi connectivity index (χ2v) is 5.81. The van der Waals surface area contributed by atoms with Gasteiger partial charge >= 0.3 is 0 Å². The highest BCUT2D eigenvalue weighted by Gasteiger charge is 2.23. The fraction of sp³-hybridized carbons (Fsp3) is 0.368. The van der Waals surface area contributed by atoms with E-state index < -0.39 is 6.10 Å². The van der Waals surface area contributed by atoms with E-state index in [1.807, 2.05) is 42.5 Å². The molecule has 0 radical (unpaired) electrons. The molecule has 0 heterocycles. The summed E-state index contributed by atoms with van der Waals surface area (Å²) < 4.78 is 5.51. The maximum Gasteiger partial charge on any atom is 0.112 e. The molecular weight excluding hydrogens is 260 g/mol. The number of hydrogen-bond acceptors (Lipinski definition) is 2. The highest BCUT2D eigenvalue weighted by molar-refractivity contribution is 5.30. The standard InChI is InChI=1S/C19H22O2/c1-21-19(17-6-3-2-4-7-17)18(20)16-12-10-15(11-13-16)14-8-5-9-14/h2-4,6-7,10-14,18-20H,5,8-9H2,1H3. The van der Waals surface area contributed by atoms with E-state index in [1.165, 1.54) is 24.8 Å². The summed E-state index contributed by atoms with van der Waals surface area (Å²) in [6, 6.07) is 18.2. The van der Waals surface area contributed by atoms with Crippen LogP contribution in [0.25, 0.3) is 0 Å². The van der Waals surface area contributed by atoms with Crippen LogP contribution in [0.2, 0.25) is 0 Å². The van der Waals surface area contributed by atoms with E-state index in [9.17, 15) is 5.11 Å². The topological polar surface area (TPSA) is 29.5 Å². The van der Waals surface area contributed by atoms with Gasteiger partial charge in [-0.2, -0.15) is 0 Å². The maximum absolute atomic E-state index is 10.6. The molecule has 2 nitrogen and oxygen atoms in total. The average molecular weight is 282 g/mol. The van der Waals surface area contributed by atoms with Gasteiger partial charge in [0.2, 0.25) is 0 Å². The molecule has 110 valence electrons. The van der Waals surface area contributed by atoms with Crippen LogP contribution in [0.3, 0.4) is 0 Å². The van der Waals surface area contributed by atoms with Crippen molar-refractivity contribution in [2.75, 3.05) is 7.11 Å². The molecule has 1 N–H and O–H groups in total. The lowest BCUT2D eigenvalue weighted by molar-refractivity contribution is -0.0149. The van der Waals surface area contributed by atoms with Crippen LogP contribution in [0.15, 0.2) is 54.6 Å². The number of benzene rings is 2. The molecule has 0 saturated heterocycles. The van der Waals surface area contributed by atoms with Gasteiger partial charge in [0, 0.05) is 7.11 Å². The van der Waals surface area contributed by atoms with Crippen LogP contribution in [-0.4, -0.2) is 12.2 Å². The molecule has 2 aromatic carbocycles. The molecule has 1 aliphatic carbocycles. The molecule has 1 saturated carbocycles. The molecule has 2 aromatic rings. The smallest absolute Gasteiger partial charge is 0.112 e. The second-order valence-electron chi connectivity index (χ2n) is 5.81. The number of rotatable bonds is 5. The fourth-order valence-electron chi connectivity index (χ4n) is 2.97. The Balaban J connectivity index is 1.78. The zero-order valence-electron chi connectivity index (χ0n) is 12.4. The van der Waals surface area contributed by atoms with Crippen molar-refractivity contribution >= 4 is 0 Å². The van der Waals surface area contributed by atoms with Crippen LogP contribution >= 0.6 is 0 Å². The highest BCUT2D eigenvalue weighted by Crippen LogP contribution is 2.37. The summed E-state index contributed by atoms with van der Waals surface area (Å²) in [5.41, 5.74) is 3.30. The predicted molar refractivity (Wildman–Crippen MR) is 84.2 cm³/mol. The third kappa shape index (κ3) is 3.02. The van der Waals surface area contributed by atoms with Gasteiger partial charge in [0.05, 0.1) is 0 Å². The van der Waals surface area contributed by atoms with Crippen molar-refractivity contribution in [1.29, 1.82) is 0 Å². The van der Waals surface area contributed by atoms with Gasteiger partial charge in [-0.25, -0.2) is 0 Å². The summed E-state index contributed by atoms with van der Waals surface area (Å²) in [4.78, 5) is 0. The van der Waals surface area contributed by atoms with E-state index in [1.54, 1.807) is 7.11 Å². The van der Waals surface area contributed by atoms with Gasteiger partial charge in [0.25, 0.3) is 0 Å². The van der Waals surface area contributed by atoms with E-state index in [4.69, 9.17) is 4.74 Å². The second kappa shape index (κ2) is 6.42. The Morgan fingerprint density at radius 3 is 2.14 bits per heavy atom. The number of ether oxygens (including phenoxy) is 1. The molecule has 1 aliphatic rings. The summed E-state index contributed by atoms with van der Waals surface area (Å²) in [6.07, 6.45) is 2.96. The molecule has 3 rings (SSSR count). The van der Waals surface area contributed by atoms with Crippen molar-refractivity contribution in [3.05, 3.63) is 71.3 Å². The summed E-state index contributed by atoms with van der Waals surface area (Å²) in [5, 5.41) is 10.6. The maximum atomic E-state index is 10.6. The lowest BCUT2D eigenvalue weighted by Gasteiger charge is -2.27. The molecule has 21 heavy (non-hydrogen) atoms. The molecule has 0 spiro atoms. The molecule has 2 heteroatoms. The Hall–Kier alpha value is -1.64. The number of aliphatic hydroxyl groups is 1. The van der Waals surface area contributed by atoms with Crippen LogP contribution in [0, 0.1) is 0 Å². The van der Waals surface area contributed by atoms with Crippen molar-refractivity contribution in [3.63, 3.8) is 0 Å². The first kappa shape index (κ1) is 14.3.